The fraction of sp³-hybridized carbons (Fsp3) is 0.538. The minimum Gasteiger partial charge on any atom is -0.211 e. The van der Waals surface area contributed by atoms with Gasteiger partial charge in [0.2, 0.25) is 10.0 Å². The summed E-state index contributed by atoms with van der Waals surface area (Å²) in [6.07, 6.45) is 0. The quantitative estimate of drug-likeness (QED) is 0.879. The maximum absolute atomic E-state index is 12.0. The summed E-state index contributed by atoms with van der Waals surface area (Å²) in [5.41, 5.74) is 1.06. The zero-order chi connectivity index (χ0) is 13.1. The highest BCUT2D eigenvalue weighted by molar-refractivity contribution is 7.89. The molecule has 3 nitrogen and oxygen atoms in total. The molecular weight excluding hydrogens is 234 g/mol. The Labute approximate surface area is 104 Å². The van der Waals surface area contributed by atoms with Gasteiger partial charge in [0.15, 0.2) is 0 Å². The van der Waals surface area contributed by atoms with Crippen LogP contribution >= 0.6 is 0 Å². The summed E-state index contributed by atoms with van der Waals surface area (Å²) in [6, 6.07) is 6.89. The van der Waals surface area contributed by atoms with Crippen LogP contribution in [0.3, 0.4) is 0 Å². The van der Waals surface area contributed by atoms with Gasteiger partial charge in [0, 0.05) is 6.54 Å². The normalized spacial score (nSPS) is 13.9. The first kappa shape index (κ1) is 14.2. The minimum atomic E-state index is -3.36. The molecule has 0 radical (unpaired) electrons. The fourth-order valence-corrected chi connectivity index (χ4v) is 2.42. The average molecular weight is 255 g/mol. The van der Waals surface area contributed by atoms with E-state index in [9.17, 15) is 8.42 Å². The summed E-state index contributed by atoms with van der Waals surface area (Å²) in [4.78, 5) is 0.332. The number of sulfonamides is 1. The van der Waals surface area contributed by atoms with E-state index in [0.717, 1.165) is 5.56 Å². The van der Waals surface area contributed by atoms with E-state index in [2.05, 4.69) is 18.6 Å². The Morgan fingerprint density at radius 1 is 1.12 bits per heavy atom. The predicted molar refractivity (Wildman–Crippen MR) is 70.4 cm³/mol. The Morgan fingerprint density at radius 2 is 1.65 bits per heavy atom. The van der Waals surface area contributed by atoms with Gasteiger partial charge >= 0.3 is 0 Å². The molecule has 1 N–H and O–H groups in total. The van der Waals surface area contributed by atoms with E-state index < -0.39 is 10.0 Å². The molecule has 0 aliphatic rings. The second-order valence-corrected chi connectivity index (χ2v) is 6.65. The molecule has 0 bridgehead atoms. The van der Waals surface area contributed by atoms with Crippen LogP contribution < -0.4 is 4.72 Å². The second kappa shape index (κ2) is 5.65. The van der Waals surface area contributed by atoms with Crippen molar-refractivity contribution in [2.75, 3.05) is 6.54 Å². The maximum Gasteiger partial charge on any atom is 0.240 e. The van der Waals surface area contributed by atoms with Crippen LogP contribution in [0, 0.1) is 18.8 Å². The third kappa shape index (κ3) is 4.13. The number of aryl methyl sites for hydroxylation is 1. The van der Waals surface area contributed by atoms with Crippen LogP contribution in [0.15, 0.2) is 29.2 Å². The van der Waals surface area contributed by atoms with Gasteiger partial charge < -0.3 is 0 Å². The SMILES string of the molecule is Cc1ccc(S(=O)(=O)NCC(C)C(C)C)cc1. The highest BCUT2D eigenvalue weighted by atomic mass is 32.2. The Morgan fingerprint density at radius 3 is 2.12 bits per heavy atom. The number of benzene rings is 1. The topological polar surface area (TPSA) is 46.2 Å². The third-order valence-corrected chi connectivity index (χ3v) is 4.50. The van der Waals surface area contributed by atoms with Gasteiger partial charge in [-0.2, -0.15) is 0 Å². The van der Waals surface area contributed by atoms with E-state index in [1.165, 1.54) is 0 Å². The molecule has 0 saturated heterocycles. The van der Waals surface area contributed by atoms with Crippen molar-refractivity contribution in [1.82, 2.24) is 4.72 Å². The smallest absolute Gasteiger partial charge is 0.211 e. The molecule has 1 aromatic rings. The lowest BCUT2D eigenvalue weighted by Gasteiger charge is -2.16. The number of nitrogens with one attached hydrogen (secondary N) is 1. The molecule has 0 aliphatic carbocycles. The van der Waals surface area contributed by atoms with Crippen molar-refractivity contribution in [2.45, 2.75) is 32.6 Å². The molecule has 1 aromatic carbocycles. The summed E-state index contributed by atoms with van der Waals surface area (Å²) in [5, 5.41) is 0. The molecule has 0 fully saturated rings. The van der Waals surface area contributed by atoms with Crippen molar-refractivity contribution in [3.8, 4) is 0 Å². The van der Waals surface area contributed by atoms with E-state index in [-0.39, 0.29) is 0 Å². The first-order valence-corrected chi connectivity index (χ1v) is 7.37. The molecular formula is C13H21NO2S. The van der Waals surface area contributed by atoms with Crippen LogP contribution in [-0.2, 0) is 10.0 Å². The zero-order valence-corrected chi connectivity index (χ0v) is 11.7. The molecule has 0 spiro atoms. The monoisotopic (exact) mass is 255 g/mol. The number of hydrogen-bond acceptors (Lipinski definition) is 2. The van der Waals surface area contributed by atoms with Crippen LogP contribution in [0.1, 0.15) is 26.3 Å². The van der Waals surface area contributed by atoms with Crippen molar-refractivity contribution >= 4 is 10.0 Å². The molecule has 0 heterocycles. The standard InChI is InChI=1S/C13H21NO2S/c1-10(2)12(4)9-14-17(15,16)13-7-5-11(3)6-8-13/h5-8,10,12,14H,9H2,1-4H3. The van der Waals surface area contributed by atoms with Gasteiger partial charge in [0.25, 0.3) is 0 Å². The van der Waals surface area contributed by atoms with Gasteiger partial charge in [0.05, 0.1) is 4.90 Å². The van der Waals surface area contributed by atoms with Crippen LogP contribution in [0.5, 0.6) is 0 Å². The van der Waals surface area contributed by atoms with Gasteiger partial charge in [-0.15, -0.1) is 0 Å². The third-order valence-electron chi connectivity index (χ3n) is 3.06. The molecule has 0 amide bonds. The predicted octanol–water partition coefficient (Wildman–Crippen LogP) is 2.57. The molecule has 4 heteroatoms. The molecule has 1 unspecified atom stereocenters. The molecule has 96 valence electrons. The van der Waals surface area contributed by atoms with Gasteiger partial charge in [-0.1, -0.05) is 38.5 Å². The summed E-state index contributed by atoms with van der Waals surface area (Å²) >= 11 is 0. The van der Waals surface area contributed by atoms with E-state index >= 15 is 0 Å². The van der Waals surface area contributed by atoms with Crippen molar-refractivity contribution < 1.29 is 8.42 Å². The zero-order valence-electron chi connectivity index (χ0n) is 10.9. The van der Waals surface area contributed by atoms with Crippen LogP contribution in [0.4, 0.5) is 0 Å². The van der Waals surface area contributed by atoms with Crippen LogP contribution in [0.2, 0.25) is 0 Å². The van der Waals surface area contributed by atoms with Crippen molar-refractivity contribution in [3.05, 3.63) is 29.8 Å². The first-order chi connectivity index (χ1) is 7.83. The van der Waals surface area contributed by atoms with Gasteiger partial charge in [-0.05, 0) is 30.9 Å². The molecule has 0 saturated carbocycles. The van der Waals surface area contributed by atoms with Gasteiger partial charge in [-0.25, -0.2) is 13.1 Å². The molecule has 17 heavy (non-hydrogen) atoms. The van der Waals surface area contributed by atoms with Crippen LogP contribution in [-0.4, -0.2) is 15.0 Å². The van der Waals surface area contributed by atoms with Crippen molar-refractivity contribution in [1.29, 1.82) is 0 Å². The fourth-order valence-electron chi connectivity index (χ4n) is 1.28. The van der Waals surface area contributed by atoms with Gasteiger partial charge in [0.1, 0.15) is 0 Å². The number of rotatable bonds is 5. The van der Waals surface area contributed by atoms with E-state index in [1.54, 1.807) is 24.3 Å². The van der Waals surface area contributed by atoms with Crippen molar-refractivity contribution in [3.63, 3.8) is 0 Å². The van der Waals surface area contributed by atoms with E-state index in [0.29, 0.717) is 23.3 Å². The highest BCUT2D eigenvalue weighted by Gasteiger charge is 2.15. The van der Waals surface area contributed by atoms with Crippen LogP contribution in [0.25, 0.3) is 0 Å². The summed E-state index contributed by atoms with van der Waals surface area (Å²) < 4.78 is 26.6. The average Bonchev–Trinajstić information content (AvgIpc) is 2.26. The Bertz CT molecular complexity index is 449. The second-order valence-electron chi connectivity index (χ2n) is 4.89. The lowest BCUT2D eigenvalue weighted by atomic mass is 9.99. The summed E-state index contributed by atoms with van der Waals surface area (Å²) in [5.74, 6) is 0.797. The molecule has 0 aliphatic heterocycles. The summed E-state index contributed by atoms with van der Waals surface area (Å²) in [7, 11) is -3.36. The Kier molecular flexibility index (Phi) is 4.71. The number of hydrogen-bond donors (Lipinski definition) is 1. The molecule has 1 atom stereocenters. The summed E-state index contributed by atoms with van der Waals surface area (Å²) in [6.45, 7) is 8.64. The van der Waals surface area contributed by atoms with E-state index in [4.69, 9.17) is 0 Å². The van der Waals surface area contributed by atoms with E-state index in [1.807, 2.05) is 13.8 Å². The van der Waals surface area contributed by atoms with Gasteiger partial charge in [-0.3, -0.25) is 0 Å². The highest BCUT2D eigenvalue weighted by Crippen LogP contribution is 2.12. The maximum atomic E-state index is 12.0. The first-order valence-electron chi connectivity index (χ1n) is 5.89. The molecule has 1 rings (SSSR count). The lowest BCUT2D eigenvalue weighted by molar-refractivity contribution is 0.414. The Hall–Kier alpha value is -0.870. The lowest BCUT2D eigenvalue weighted by Crippen LogP contribution is -2.30. The largest absolute Gasteiger partial charge is 0.240 e. The van der Waals surface area contributed by atoms with Crippen molar-refractivity contribution in [2.24, 2.45) is 11.8 Å². The minimum absolute atomic E-state index is 0.329. The molecule has 0 aromatic heterocycles. The Balaban J connectivity index is 2.72.